The first-order valence-corrected chi connectivity index (χ1v) is 5.56. The Morgan fingerprint density at radius 3 is 2.88 bits per heavy atom. The third-order valence-electron chi connectivity index (χ3n) is 2.65. The Balaban J connectivity index is 2.14. The smallest absolute Gasteiger partial charge is 0.0659 e. The normalized spacial score (nSPS) is 11.0. The van der Waals surface area contributed by atoms with E-state index in [2.05, 4.69) is 56.3 Å². The topological polar surface area (TPSA) is 17.8 Å². The van der Waals surface area contributed by atoms with Crippen molar-refractivity contribution in [1.29, 1.82) is 0 Å². The standard InChI is InChI=1S/C14H17N2/c1-11(2)14-8-15-16(10-14)9-13-6-4-5-12(3)7-13/h4-8,10-11H,1,9H2,2-3H3. The molecule has 1 heterocycles. The Morgan fingerprint density at radius 1 is 1.44 bits per heavy atom. The molecule has 0 saturated carbocycles. The van der Waals surface area contributed by atoms with Gasteiger partial charge in [0.05, 0.1) is 12.7 Å². The van der Waals surface area contributed by atoms with E-state index in [1.54, 1.807) is 0 Å². The van der Waals surface area contributed by atoms with Crippen molar-refractivity contribution in [1.82, 2.24) is 9.78 Å². The van der Waals surface area contributed by atoms with Gasteiger partial charge >= 0.3 is 0 Å². The lowest BCUT2D eigenvalue weighted by Gasteiger charge is -2.03. The number of hydrogen-bond acceptors (Lipinski definition) is 1. The zero-order chi connectivity index (χ0) is 11.5. The molecule has 0 amide bonds. The number of hydrogen-bond donors (Lipinski definition) is 0. The maximum Gasteiger partial charge on any atom is 0.0659 e. The summed E-state index contributed by atoms with van der Waals surface area (Å²) in [6.07, 6.45) is 3.97. The highest BCUT2D eigenvalue weighted by Crippen LogP contribution is 2.13. The molecule has 1 aromatic carbocycles. The van der Waals surface area contributed by atoms with Gasteiger partial charge in [0.2, 0.25) is 0 Å². The molecule has 1 aromatic heterocycles. The quantitative estimate of drug-likeness (QED) is 0.765. The van der Waals surface area contributed by atoms with E-state index in [0.717, 1.165) is 6.54 Å². The van der Waals surface area contributed by atoms with Crippen LogP contribution in [-0.2, 0) is 6.54 Å². The van der Waals surface area contributed by atoms with E-state index in [4.69, 9.17) is 0 Å². The highest BCUT2D eigenvalue weighted by molar-refractivity contribution is 5.22. The van der Waals surface area contributed by atoms with Crippen LogP contribution in [0.2, 0.25) is 0 Å². The Morgan fingerprint density at radius 2 is 2.25 bits per heavy atom. The van der Waals surface area contributed by atoms with Gasteiger partial charge in [0.25, 0.3) is 0 Å². The molecule has 1 unspecified atom stereocenters. The van der Waals surface area contributed by atoms with Crippen LogP contribution in [0.4, 0.5) is 0 Å². The summed E-state index contributed by atoms with van der Waals surface area (Å²) >= 11 is 0. The van der Waals surface area contributed by atoms with E-state index < -0.39 is 0 Å². The molecular formula is C14H17N2. The summed E-state index contributed by atoms with van der Waals surface area (Å²) in [5.74, 6) is 0.297. The average Bonchev–Trinajstić information content (AvgIpc) is 2.66. The molecule has 0 N–H and O–H groups in total. The number of nitrogens with zero attached hydrogens (tertiary/aromatic N) is 2. The van der Waals surface area contributed by atoms with Gasteiger partial charge in [-0.2, -0.15) is 5.10 Å². The molecule has 0 fully saturated rings. The van der Waals surface area contributed by atoms with Crippen LogP contribution in [0.5, 0.6) is 0 Å². The summed E-state index contributed by atoms with van der Waals surface area (Å²) in [5.41, 5.74) is 3.76. The van der Waals surface area contributed by atoms with E-state index in [1.165, 1.54) is 16.7 Å². The fourth-order valence-corrected chi connectivity index (χ4v) is 1.72. The molecule has 83 valence electrons. The van der Waals surface area contributed by atoms with Crippen LogP contribution in [0.15, 0.2) is 36.7 Å². The Bertz CT molecular complexity index is 469. The Hall–Kier alpha value is -1.57. The second-order valence-electron chi connectivity index (χ2n) is 4.36. The monoisotopic (exact) mass is 213 g/mol. The van der Waals surface area contributed by atoms with Crippen LogP contribution in [0, 0.1) is 13.8 Å². The van der Waals surface area contributed by atoms with Crippen molar-refractivity contribution in [3.05, 3.63) is 60.3 Å². The molecule has 2 rings (SSSR count). The summed E-state index contributed by atoms with van der Waals surface area (Å²) in [5, 5.41) is 4.34. The first-order valence-electron chi connectivity index (χ1n) is 5.56. The van der Waals surface area contributed by atoms with Crippen LogP contribution < -0.4 is 0 Å². The summed E-state index contributed by atoms with van der Waals surface area (Å²) < 4.78 is 1.96. The van der Waals surface area contributed by atoms with E-state index >= 15 is 0 Å². The molecule has 1 radical (unpaired) electrons. The minimum atomic E-state index is 0.297. The van der Waals surface area contributed by atoms with E-state index in [9.17, 15) is 0 Å². The van der Waals surface area contributed by atoms with E-state index in [1.807, 2.05) is 10.9 Å². The van der Waals surface area contributed by atoms with Crippen LogP contribution in [0.3, 0.4) is 0 Å². The minimum Gasteiger partial charge on any atom is -0.268 e. The lowest BCUT2D eigenvalue weighted by atomic mass is 10.1. The van der Waals surface area contributed by atoms with E-state index in [-0.39, 0.29) is 0 Å². The van der Waals surface area contributed by atoms with Gasteiger partial charge in [0, 0.05) is 6.20 Å². The predicted octanol–water partition coefficient (Wildman–Crippen LogP) is 3.18. The van der Waals surface area contributed by atoms with Gasteiger partial charge in [-0.05, 0) is 30.9 Å². The van der Waals surface area contributed by atoms with Gasteiger partial charge in [-0.15, -0.1) is 0 Å². The molecule has 2 aromatic rings. The van der Waals surface area contributed by atoms with E-state index in [0.29, 0.717) is 5.92 Å². The summed E-state index contributed by atoms with van der Waals surface area (Å²) in [6.45, 7) is 9.00. The SMILES string of the molecule is [CH2]C(C)c1cnn(Cc2cccc(C)c2)c1. The molecule has 0 spiro atoms. The van der Waals surface area contributed by atoms with Crippen LogP contribution in [-0.4, -0.2) is 9.78 Å². The molecule has 0 aliphatic rings. The Labute approximate surface area is 96.9 Å². The van der Waals surface area contributed by atoms with Crippen molar-refractivity contribution < 1.29 is 0 Å². The second kappa shape index (κ2) is 4.52. The first-order chi connectivity index (χ1) is 7.65. The van der Waals surface area contributed by atoms with Gasteiger partial charge < -0.3 is 0 Å². The number of aryl methyl sites for hydroxylation is 1. The number of benzene rings is 1. The minimum absolute atomic E-state index is 0.297. The summed E-state index contributed by atoms with van der Waals surface area (Å²) in [6, 6.07) is 8.51. The van der Waals surface area contributed by atoms with Gasteiger partial charge in [0.15, 0.2) is 0 Å². The van der Waals surface area contributed by atoms with Crippen molar-refractivity contribution in [2.45, 2.75) is 26.3 Å². The fourth-order valence-electron chi connectivity index (χ4n) is 1.72. The van der Waals surface area contributed by atoms with Crippen molar-refractivity contribution in [2.75, 3.05) is 0 Å². The lowest BCUT2D eigenvalue weighted by Crippen LogP contribution is -1.99. The average molecular weight is 213 g/mol. The lowest BCUT2D eigenvalue weighted by molar-refractivity contribution is 0.685. The van der Waals surface area contributed by atoms with Crippen molar-refractivity contribution >= 4 is 0 Å². The van der Waals surface area contributed by atoms with Crippen LogP contribution in [0.25, 0.3) is 0 Å². The van der Waals surface area contributed by atoms with Crippen LogP contribution >= 0.6 is 0 Å². The number of aromatic nitrogens is 2. The Kier molecular flexibility index (Phi) is 3.09. The molecule has 16 heavy (non-hydrogen) atoms. The zero-order valence-electron chi connectivity index (χ0n) is 9.85. The number of rotatable bonds is 3. The van der Waals surface area contributed by atoms with Gasteiger partial charge in [-0.1, -0.05) is 36.8 Å². The molecule has 0 aliphatic heterocycles. The third kappa shape index (κ3) is 2.51. The highest BCUT2D eigenvalue weighted by Gasteiger charge is 2.03. The molecule has 0 saturated heterocycles. The molecule has 2 nitrogen and oxygen atoms in total. The second-order valence-corrected chi connectivity index (χ2v) is 4.36. The maximum absolute atomic E-state index is 4.34. The van der Waals surface area contributed by atoms with Crippen LogP contribution in [0.1, 0.15) is 29.5 Å². The van der Waals surface area contributed by atoms with Gasteiger partial charge in [-0.3, -0.25) is 4.68 Å². The molecule has 0 bridgehead atoms. The maximum atomic E-state index is 4.34. The van der Waals surface area contributed by atoms with Gasteiger partial charge in [0.1, 0.15) is 0 Å². The van der Waals surface area contributed by atoms with Crippen molar-refractivity contribution in [2.24, 2.45) is 0 Å². The van der Waals surface area contributed by atoms with Crippen molar-refractivity contribution in [3.63, 3.8) is 0 Å². The molecule has 1 atom stereocenters. The third-order valence-corrected chi connectivity index (χ3v) is 2.65. The summed E-state index contributed by atoms with van der Waals surface area (Å²) in [7, 11) is 0. The molecular weight excluding hydrogens is 196 g/mol. The largest absolute Gasteiger partial charge is 0.268 e. The highest BCUT2D eigenvalue weighted by atomic mass is 15.3. The fraction of sp³-hybridized carbons (Fsp3) is 0.286. The summed E-state index contributed by atoms with van der Waals surface area (Å²) in [4.78, 5) is 0. The van der Waals surface area contributed by atoms with Crippen molar-refractivity contribution in [3.8, 4) is 0 Å². The van der Waals surface area contributed by atoms with Gasteiger partial charge in [-0.25, -0.2) is 0 Å². The predicted molar refractivity (Wildman–Crippen MR) is 66.3 cm³/mol. The first kappa shape index (κ1) is 10.9. The molecule has 2 heteroatoms. The molecule has 0 aliphatic carbocycles. The zero-order valence-corrected chi connectivity index (χ0v) is 9.85.